The van der Waals surface area contributed by atoms with Crippen molar-refractivity contribution < 1.29 is 4.74 Å². The van der Waals surface area contributed by atoms with Gasteiger partial charge in [0.25, 0.3) is 0 Å². The molecular weight excluding hydrogens is 162 g/mol. The van der Waals surface area contributed by atoms with Crippen molar-refractivity contribution in [3.05, 3.63) is 0 Å². The molecule has 0 aromatic rings. The van der Waals surface area contributed by atoms with Crippen LogP contribution in [0.4, 0.5) is 0 Å². The summed E-state index contributed by atoms with van der Waals surface area (Å²) in [7, 11) is 0. The predicted octanol–water partition coefficient (Wildman–Crippen LogP) is 2.15. The Balaban J connectivity index is 1.88. The molecule has 76 valence electrons. The lowest BCUT2D eigenvalue weighted by Gasteiger charge is -2.40. The SMILES string of the molecule is CC(C)C1CNC2(CCCC2)OC1. The average molecular weight is 183 g/mol. The molecule has 2 fully saturated rings. The molecule has 1 unspecified atom stereocenters. The van der Waals surface area contributed by atoms with Crippen molar-refractivity contribution >= 4 is 0 Å². The molecule has 0 aromatic heterocycles. The zero-order valence-corrected chi connectivity index (χ0v) is 8.81. The zero-order valence-electron chi connectivity index (χ0n) is 8.81. The maximum atomic E-state index is 5.99. The summed E-state index contributed by atoms with van der Waals surface area (Å²) in [4.78, 5) is 0. The summed E-state index contributed by atoms with van der Waals surface area (Å²) in [5, 5.41) is 3.60. The zero-order chi connectivity index (χ0) is 9.31. The highest BCUT2D eigenvalue weighted by Crippen LogP contribution is 2.34. The van der Waals surface area contributed by atoms with Crippen molar-refractivity contribution in [2.75, 3.05) is 13.2 Å². The fraction of sp³-hybridized carbons (Fsp3) is 1.00. The van der Waals surface area contributed by atoms with Gasteiger partial charge < -0.3 is 4.74 Å². The number of hydrogen-bond acceptors (Lipinski definition) is 2. The first-order valence-electron chi connectivity index (χ1n) is 5.61. The molecule has 2 rings (SSSR count). The summed E-state index contributed by atoms with van der Waals surface area (Å²) in [6.07, 6.45) is 5.11. The molecule has 1 saturated heterocycles. The molecule has 1 spiro atoms. The molecule has 1 N–H and O–H groups in total. The molecule has 0 radical (unpaired) electrons. The van der Waals surface area contributed by atoms with Crippen molar-refractivity contribution in [3.8, 4) is 0 Å². The van der Waals surface area contributed by atoms with Gasteiger partial charge in [0.15, 0.2) is 0 Å². The van der Waals surface area contributed by atoms with Crippen LogP contribution in [0.25, 0.3) is 0 Å². The third-order valence-corrected chi connectivity index (χ3v) is 3.61. The van der Waals surface area contributed by atoms with E-state index in [-0.39, 0.29) is 5.72 Å². The van der Waals surface area contributed by atoms with Gasteiger partial charge in [-0.3, -0.25) is 5.32 Å². The second kappa shape index (κ2) is 3.58. The van der Waals surface area contributed by atoms with Gasteiger partial charge in [-0.25, -0.2) is 0 Å². The minimum absolute atomic E-state index is 0.0887. The van der Waals surface area contributed by atoms with E-state index in [4.69, 9.17) is 4.74 Å². The lowest BCUT2D eigenvalue weighted by atomic mass is 9.94. The van der Waals surface area contributed by atoms with E-state index in [9.17, 15) is 0 Å². The Labute approximate surface area is 81.0 Å². The first-order chi connectivity index (χ1) is 6.22. The maximum Gasteiger partial charge on any atom is 0.119 e. The van der Waals surface area contributed by atoms with E-state index in [0.717, 1.165) is 19.1 Å². The third-order valence-electron chi connectivity index (χ3n) is 3.61. The van der Waals surface area contributed by atoms with E-state index in [1.807, 2.05) is 0 Å². The van der Waals surface area contributed by atoms with Crippen LogP contribution in [0.3, 0.4) is 0 Å². The van der Waals surface area contributed by atoms with Gasteiger partial charge in [0, 0.05) is 6.54 Å². The fourth-order valence-corrected chi connectivity index (χ4v) is 2.39. The highest BCUT2D eigenvalue weighted by molar-refractivity contribution is 4.88. The van der Waals surface area contributed by atoms with E-state index < -0.39 is 0 Å². The van der Waals surface area contributed by atoms with Crippen LogP contribution >= 0.6 is 0 Å². The number of nitrogens with one attached hydrogen (secondary N) is 1. The Kier molecular flexibility index (Phi) is 2.61. The number of ether oxygens (including phenoxy) is 1. The minimum Gasteiger partial charge on any atom is -0.360 e. The van der Waals surface area contributed by atoms with Crippen molar-refractivity contribution in [2.45, 2.75) is 45.3 Å². The summed E-state index contributed by atoms with van der Waals surface area (Å²) < 4.78 is 5.99. The van der Waals surface area contributed by atoms with Gasteiger partial charge in [-0.2, -0.15) is 0 Å². The molecule has 13 heavy (non-hydrogen) atoms. The summed E-state index contributed by atoms with van der Waals surface area (Å²) in [6, 6.07) is 0. The molecule has 1 aliphatic heterocycles. The molecule has 1 aliphatic carbocycles. The summed E-state index contributed by atoms with van der Waals surface area (Å²) in [5.74, 6) is 1.46. The summed E-state index contributed by atoms with van der Waals surface area (Å²) >= 11 is 0. The largest absolute Gasteiger partial charge is 0.360 e. The quantitative estimate of drug-likeness (QED) is 0.672. The summed E-state index contributed by atoms with van der Waals surface area (Å²) in [6.45, 7) is 6.67. The van der Waals surface area contributed by atoms with Crippen LogP contribution in [0.5, 0.6) is 0 Å². The second-order valence-electron chi connectivity index (χ2n) is 4.90. The average Bonchev–Trinajstić information content (AvgIpc) is 2.54. The van der Waals surface area contributed by atoms with Gasteiger partial charge in [0.05, 0.1) is 6.61 Å². The van der Waals surface area contributed by atoms with Crippen LogP contribution in [-0.4, -0.2) is 18.9 Å². The molecule has 1 atom stereocenters. The van der Waals surface area contributed by atoms with E-state index in [1.54, 1.807) is 0 Å². The topological polar surface area (TPSA) is 21.3 Å². The molecular formula is C11H21NO. The first-order valence-corrected chi connectivity index (χ1v) is 5.61. The van der Waals surface area contributed by atoms with Crippen molar-refractivity contribution in [1.29, 1.82) is 0 Å². The van der Waals surface area contributed by atoms with Gasteiger partial charge in [-0.1, -0.05) is 13.8 Å². The minimum atomic E-state index is 0.0887. The Bertz CT molecular complexity index is 163. The van der Waals surface area contributed by atoms with E-state index >= 15 is 0 Å². The predicted molar refractivity (Wildman–Crippen MR) is 53.5 cm³/mol. The van der Waals surface area contributed by atoms with Crippen molar-refractivity contribution in [3.63, 3.8) is 0 Å². The highest BCUT2D eigenvalue weighted by atomic mass is 16.5. The van der Waals surface area contributed by atoms with Crippen molar-refractivity contribution in [2.24, 2.45) is 11.8 Å². The molecule has 2 aliphatic rings. The molecule has 2 heteroatoms. The van der Waals surface area contributed by atoms with E-state index in [2.05, 4.69) is 19.2 Å². The number of rotatable bonds is 1. The third kappa shape index (κ3) is 1.89. The fourth-order valence-electron chi connectivity index (χ4n) is 2.39. The molecule has 2 nitrogen and oxygen atoms in total. The highest BCUT2D eigenvalue weighted by Gasteiger charge is 2.38. The van der Waals surface area contributed by atoms with E-state index in [1.165, 1.54) is 25.7 Å². The van der Waals surface area contributed by atoms with Crippen LogP contribution in [0, 0.1) is 11.8 Å². The smallest absolute Gasteiger partial charge is 0.119 e. The number of hydrogen-bond donors (Lipinski definition) is 1. The first kappa shape index (κ1) is 9.47. The van der Waals surface area contributed by atoms with Gasteiger partial charge in [0.2, 0.25) is 0 Å². The Morgan fingerprint density at radius 3 is 2.46 bits per heavy atom. The van der Waals surface area contributed by atoms with Gasteiger partial charge in [-0.05, 0) is 37.5 Å². The van der Waals surface area contributed by atoms with E-state index in [0.29, 0.717) is 5.92 Å². The van der Waals surface area contributed by atoms with Crippen LogP contribution in [0.1, 0.15) is 39.5 Å². The monoisotopic (exact) mass is 183 g/mol. The molecule has 1 heterocycles. The Hall–Kier alpha value is -0.0800. The molecule has 0 amide bonds. The Morgan fingerprint density at radius 2 is 2.00 bits per heavy atom. The summed E-state index contributed by atoms with van der Waals surface area (Å²) in [5.41, 5.74) is 0.0887. The van der Waals surface area contributed by atoms with Gasteiger partial charge in [0.1, 0.15) is 5.72 Å². The van der Waals surface area contributed by atoms with Crippen LogP contribution in [0.2, 0.25) is 0 Å². The Morgan fingerprint density at radius 1 is 1.31 bits per heavy atom. The normalized spacial score (nSPS) is 33.0. The second-order valence-corrected chi connectivity index (χ2v) is 4.90. The standard InChI is InChI=1S/C11H21NO/c1-9(2)10-7-12-11(13-8-10)5-3-4-6-11/h9-10,12H,3-8H2,1-2H3. The van der Waals surface area contributed by atoms with Crippen LogP contribution in [-0.2, 0) is 4.74 Å². The molecule has 0 aromatic carbocycles. The lowest BCUT2D eigenvalue weighted by Crippen LogP contribution is -2.54. The molecule has 1 saturated carbocycles. The van der Waals surface area contributed by atoms with Crippen molar-refractivity contribution in [1.82, 2.24) is 5.32 Å². The van der Waals surface area contributed by atoms with Crippen LogP contribution < -0.4 is 5.32 Å². The maximum absolute atomic E-state index is 5.99. The molecule has 0 bridgehead atoms. The lowest BCUT2D eigenvalue weighted by molar-refractivity contribution is -0.118. The van der Waals surface area contributed by atoms with Gasteiger partial charge >= 0.3 is 0 Å². The van der Waals surface area contributed by atoms with Crippen LogP contribution in [0.15, 0.2) is 0 Å². The van der Waals surface area contributed by atoms with Gasteiger partial charge in [-0.15, -0.1) is 0 Å².